The summed E-state index contributed by atoms with van der Waals surface area (Å²) in [5.41, 5.74) is 2.10. The Bertz CT molecular complexity index is 613. The van der Waals surface area contributed by atoms with Crippen LogP contribution in [0, 0.1) is 6.92 Å². The van der Waals surface area contributed by atoms with Gasteiger partial charge in [-0.25, -0.2) is 4.98 Å². The zero-order chi connectivity index (χ0) is 14.7. The summed E-state index contributed by atoms with van der Waals surface area (Å²) in [4.78, 5) is 22.2. The summed E-state index contributed by atoms with van der Waals surface area (Å²) in [5.74, 6) is -0.162. The molecule has 0 aliphatic carbocycles. The number of aromatic nitrogens is 2. The molecule has 0 fully saturated rings. The minimum Gasteiger partial charge on any atom is -0.334 e. The smallest absolute Gasteiger partial charge is 0.274 e. The highest BCUT2D eigenvalue weighted by atomic mass is 35.5. The molecule has 5 heteroatoms. The average molecular weight is 290 g/mol. The van der Waals surface area contributed by atoms with Crippen LogP contribution in [-0.2, 0) is 0 Å². The van der Waals surface area contributed by atoms with Gasteiger partial charge >= 0.3 is 0 Å². The third-order valence-corrected chi connectivity index (χ3v) is 3.47. The third-order valence-electron chi connectivity index (χ3n) is 3.23. The summed E-state index contributed by atoms with van der Waals surface area (Å²) in [6.07, 6.45) is 3.09. The van der Waals surface area contributed by atoms with E-state index in [0.29, 0.717) is 10.7 Å². The minimum absolute atomic E-state index is 0.0932. The van der Waals surface area contributed by atoms with E-state index in [1.165, 1.54) is 6.20 Å². The maximum atomic E-state index is 12.3. The van der Waals surface area contributed by atoms with E-state index < -0.39 is 0 Å². The van der Waals surface area contributed by atoms with Crippen molar-refractivity contribution in [3.8, 4) is 0 Å². The summed E-state index contributed by atoms with van der Waals surface area (Å²) in [6.45, 7) is 3.78. The maximum Gasteiger partial charge on any atom is 0.274 e. The van der Waals surface area contributed by atoms with Crippen LogP contribution < -0.4 is 0 Å². The largest absolute Gasteiger partial charge is 0.334 e. The van der Waals surface area contributed by atoms with Gasteiger partial charge in [-0.15, -0.1) is 0 Å². The molecule has 1 amide bonds. The first-order chi connectivity index (χ1) is 9.49. The van der Waals surface area contributed by atoms with Gasteiger partial charge in [0.1, 0.15) is 5.69 Å². The predicted molar refractivity (Wildman–Crippen MR) is 78.7 cm³/mol. The molecule has 4 nitrogen and oxygen atoms in total. The molecule has 0 aliphatic heterocycles. The van der Waals surface area contributed by atoms with Crippen molar-refractivity contribution < 1.29 is 4.79 Å². The molecule has 0 spiro atoms. The van der Waals surface area contributed by atoms with Gasteiger partial charge < -0.3 is 4.90 Å². The Morgan fingerprint density at radius 1 is 1.30 bits per heavy atom. The Kier molecular flexibility index (Phi) is 4.35. The zero-order valence-electron chi connectivity index (χ0n) is 11.7. The number of carbonyl (C=O) groups is 1. The van der Waals surface area contributed by atoms with Crippen LogP contribution in [0.15, 0.2) is 36.7 Å². The number of halogens is 1. The molecule has 1 atom stereocenters. The van der Waals surface area contributed by atoms with Crippen LogP contribution >= 0.6 is 11.6 Å². The van der Waals surface area contributed by atoms with Gasteiger partial charge in [-0.2, -0.15) is 0 Å². The summed E-state index contributed by atoms with van der Waals surface area (Å²) in [6, 6.07) is 7.39. The number of hydrogen-bond donors (Lipinski definition) is 0. The van der Waals surface area contributed by atoms with Crippen LogP contribution in [0.5, 0.6) is 0 Å². The molecule has 2 aromatic rings. The van der Waals surface area contributed by atoms with Crippen molar-refractivity contribution in [1.29, 1.82) is 0 Å². The Hall–Kier alpha value is -1.94. The van der Waals surface area contributed by atoms with Crippen molar-refractivity contribution in [2.24, 2.45) is 0 Å². The number of benzene rings is 1. The highest BCUT2D eigenvalue weighted by molar-refractivity contribution is 6.30. The van der Waals surface area contributed by atoms with Crippen molar-refractivity contribution in [3.05, 3.63) is 58.6 Å². The lowest BCUT2D eigenvalue weighted by Crippen LogP contribution is -2.30. The minimum atomic E-state index is -0.162. The first kappa shape index (κ1) is 14.5. The Morgan fingerprint density at radius 3 is 2.65 bits per heavy atom. The van der Waals surface area contributed by atoms with Crippen LogP contribution in [0.4, 0.5) is 0 Å². The van der Waals surface area contributed by atoms with Crippen LogP contribution in [0.2, 0.25) is 5.02 Å². The fourth-order valence-electron chi connectivity index (χ4n) is 1.85. The van der Waals surface area contributed by atoms with Gasteiger partial charge in [0, 0.05) is 18.3 Å². The number of amides is 1. The van der Waals surface area contributed by atoms with Crippen molar-refractivity contribution >= 4 is 17.5 Å². The van der Waals surface area contributed by atoms with Gasteiger partial charge in [0.25, 0.3) is 5.91 Å². The summed E-state index contributed by atoms with van der Waals surface area (Å²) >= 11 is 5.98. The lowest BCUT2D eigenvalue weighted by Gasteiger charge is -2.25. The van der Waals surface area contributed by atoms with Gasteiger partial charge in [0.15, 0.2) is 0 Å². The predicted octanol–water partition coefficient (Wildman–Crippen LogP) is 3.27. The van der Waals surface area contributed by atoms with Gasteiger partial charge in [-0.1, -0.05) is 23.7 Å². The van der Waals surface area contributed by atoms with E-state index in [2.05, 4.69) is 9.97 Å². The molecular formula is C15H16ClN3O. The van der Waals surface area contributed by atoms with Gasteiger partial charge in [-0.3, -0.25) is 9.78 Å². The van der Waals surface area contributed by atoms with E-state index >= 15 is 0 Å². The molecule has 0 radical (unpaired) electrons. The SMILES string of the molecule is Cc1cnc(C(=O)N(C)C(C)c2cccc(Cl)c2)cn1. The van der Waals surface area contributed by atoms with E-state index in [9.17, 15) is 4.79 Å². The van der Waals surface area contributed by atoms with E-state index in [-0.39, 0.29) is 11.9 Å². The third kappa shape index (κ3) is 3.14. The maximum absolute atomic E-state index is 12.3. The standard InChI is InChI=1S/C15H16ClN3O/c1-10-8-18-14(9-17-10)15(20)19(3)11(2)12-5-4-6-13(16)7-12/h4-9,11H,1-3H3. The van der Waals surface area contributed by atoms with Crippen molar-refractivity contribution in [2.75, 3.05) is 7.05 Å². The molecular weight excluding hydrogens is 274 g/mol. The zero-order valence-corrected chi connectivity index (χ0v) is 12.4. The van der Waals surface area contributed by atoms with Crippen LogP contribution in [0.1, 0.15) is 34.7 Å². The van der Waals surface area contributed by atoms with Gasteiger partial charge in [0.2, 0.25) is 0 Å². The molecule has 1 unspecified atom stereocenters. The molecule has 0 N–H and O–H groups in total. The number of rotatable bonds is 3. The average Bonchev–Trinajstić information content (AvgIpc) is 2.46. The number of nitrogens with zero attached hydrogens (tertiary/aromatic N) is 3. The molecule has 0 saturated carbocycles. The van der Waals surface area contributed by atoms with E-state index in [1.807, 2.05) is 38.1 Å². The number of aryl methyl sites for hydroxylation is 1. The monoisotopic (exact) mass is 289 g/mol. The fraction of sp³-hybridized carbons (Fsp3) is 0.267. The lowest BCUT2D eigenvalue weighted by atomic mass is 10.1. The van der Waals surface area contributed by atoms with E-state index in [0.717, 1.165) is 11.3 Å². The molecule has 20 heavy (non-hydrogen) atoms. The second-order valence-corrected chi connectivity index (χ2v) is 5.13. The molecule has 2 rings (SSSR count). The summed E-state index contributed by atoms with van der Waals surface area (Å²) < 4.78 is 0. The lowest BCUT2D eigenvalue weighted by molar-refractivity contribution is 0.0736. The first-order valence-electron chi connectivity index (χ1n) is 6.30. The fourth-order valence-corrected chi connectivity index (χ4v) is 2.05. The quantitative estimate of drug-likeness (QED) is 0.871. The van der Waals surface area contributed by atoms with Crippen molar-refractivity contribution in [2.45, 2.75) is 19.9 Å². The molecule has 0 aliphatic rings. The summed E-state index contributed by atoms with van der Waals surface area (Å²) in [7, 11) is 1.75. The normalized spacial score (nSPS) is 12.0. The molecule has 104 valence electrons. The Balaban J connectivity index is 2.20. The van der Waals surface area contributed by atoms with Crippen LogP contribution in [0.25, 0.3) is 0 Å². The van der Waals surface area contributed by atoms with Gasteiger partial charge in [-0.05, 0) is 31.5 Å². The van der Waals surface area contributed by atoms with Crippen LogP contribution in [-0.4, -0.2) is 27.8 Å². The van der Waals surface area contributed by atoms with Gasteiger partial charge in [0.05, 0.1) is 17.9 Å². The summed E-state index contributed by atoms with van der Waals surface area (Å²) in [5, 5.41) is 0.658. The molecule has 0 saturated heterocycles. The number of hydrogen-bond acceptors (Lipinski definition) is 3. The van der Waals surface area contributed by atoms with Crippen LogP contribution in [0.3, 0.4) is 0 Å². The molecule has 1 aromatic carbocycles. The van der Waals surface area contributed by atoms with Crippen molar-refractivity contribution in [3.63, 3.8) is 0 Å². The molecule has 1 aromatic heterocycles. The molecule has 0 bridgehead atoms. The van der Waals surface area contributed by atoms with E-state index in [1.54, 1.807) is 18.1 Å². The first-order valence-corrected chi connectivity index (χ1v) is 6.68. The number of carbonyl (C=O) groups excluding carboxylic acids is 1. The Morgan fingerprint density at radius 2 is 2.05 bits per heavy atom. The highest BCUT2D eigenvalue weighted by Gasteiger charge is 2.20. The Labute approximate surface area is 123 Å². The molecule has 1 heterocycles. The van der Waals surface area contributed by atoms with Crippen molar-refractivity contribution in [1.82, 2.24) is 14.9 Å². The second kappa shape index (κ2) is 6.01. The topological polar surface area (TPSA) is 46.1 Å². The highest BCUT2D eigenvalue weighted by Crippen LogP contribution is 2.22. The van der Waals surface area contributed by atoms with E-state index in [4.69, 9.17) is 11.6 Å². The second-order valence-electron chi connectivity index (χ2n) is 4.69.